The summed E-state index contributed by atoms with van der Waals surface area (Å²) in [6, 6.07) is 9.06. The van der Waals surface area contributed by atoms with Crippen molar-refractivity contribution in [2.45, 2.75) is 51.3 Å². The van der Waals surface area contributed by atoms with Gasteiger partial charge in [0.2, 0.25) is 11.8 Å². The average molecular weight is 376 g/mol. The van der Waals surface area contributed by atoms with Crippen LogP contribution in [0.25, 0.3) is 0 Å². The van der Waals surface area contributed by atoms with Gasteiger partial charge in [-0.25, -0.2) is 4.79 Å². The highest BCUT2D eigenvalue weighted by Crippen LogP contribution is 2.22. The second-order valence-corrected chi connectivity index (χ2v) is 6.73. The number of benzene rings is 1. The molecule has 0 radical (unpaired) electrons. The van der Waals surface area contributed by atoms with E-state index >= 15 is 0 Å². The summed E-state index contributed by atoms with van der Waals surface area (Å²) in [6.45, 7) is 2.81. The Morgan fingerprint density at radius 2 is 1.96 bits per heavy atom. The van der Waals surface area contributed by atoms with Crippen molar-refractivity contribution < 1.29 is 24.2 Å². The molecule has 1 aliphatic rings. The second-order valence-electron chi connectivity index (χ2n) is 6.73. The summed E-state index contributed by atoms with van der Waals surface area (Å²) in [4.78, 5) is 39.7. The highest BCUT2D eigenvalue weighted by molar-refractivity contribution is 5.85. The van der Waals surface area contributed by atoms with E-state index in [2.05, 4.69) is 0 Å². The van der Waals surface area contributed by atoms with E-state index in [0.717, 1.165) is 5.56 Å². The third-order valence-corrected chi connectivity index (χ3v) is 4.75. The first-order chi connectivity index (χ1) is 12.9. The average Bonchev–Trinajstić information content (AvgIpc) is 3.16. The van der Waals surface area contributed by atoms with E-state index in [1.807, 2.05) is 30.3 Å². The van der Waals surface area contributed by atoms with Gasteiger partial charge in [0.1, 0.15) is 0 Å². The number of esters is 1. The van der Waals surface area contributed by atoms with E-state index in [0.29, 0.717) is 25.9 Å². The predicted molar refractivity (Wildman–Crippen MR) is 99.5 cm³/mol. The van der Waals surface area contributed by atoms with Gasteiger partial charge in [-0.2, -0.15) is 0 Å². The smallest absolute Gasteiger partial charge is 0.337 e. The quantitative estimate of drug-likeness (QED) is 0.692. The molecule has 7 nitrogen and oxygen atoms in total. The van der Waals surface area contributed by atoms with Crippen LogP contribution in [0.1, 0.15) is 38.2 Å². The molecule has 1 aromatic rings. The highest BCUT2D eigenvalue weighted by atomic mass is 16.5. The van der Waals surface area contributed by atoms with Crippen LogP contribution < -0.4 is 0 Å². The molecule has 1 N–H and O–H groups in total. The molecule has 1 saturated heterocycles. The molecule has 7 heteroatoms. The molecule has 2 amide bonds. The lowest BCUT2D eigenvalue weighted by molar-refractivity contribution is -0.157. The van der Waals surface area contributed by atoms with Gasteiger partial charge < -0.3 is 19.6 Å². The van der Waals surface area contributed by atoms with Crippen molar-refractivity contribution in [3.05, 3.63) is 35.9 Å². The zero-order valence-electron chi connectivity index (χ0n) is 16.0. The Morgan fingerprint density at radius 3 is 2.63 bits per heavy atom. The lowest BCUT2D eigenvalue weighted by atomic mass is 10.1. The Labute approximate surface area is 159 Å². The van der Waals surface area contributed by atoms with Gasteiger partial charge in [-0.05, 0) is 25.3 Å². The van der Waals surface area contributed by atoms with Crippen LogP contribution >= 0.6 is 0 Å². The number of nitrogens with zero attached hydrogens (tertiary/aromatic N) is 2. The number of aliphatic hydroxyl groups is 1. The van der Waals surface area contributed by atoms with Gasteiger partial charge in [0.15, 0.2) is 6.10 Å². The zero-order valence-corrected chi connectivity index (χ0v) is 16.0. The van der Waals surface area contributed by atoms with Crippen LogP contribution in [-0.4, -0.2) is 65.0 Å². The van der Waals surface area contributed by atoms with Crippen molar-refractivity contribution in [1.82, 2.24) is 9.80 Å². The Kier molecular flexibility index (Phi) is 7.79. The first-order valence-corrected chi connectivity index (χ1v) is 9.36. The summed E-state index contributed by atoms with van der Waals surface area (Å²) in [7, 11) is 1.71. The third-order valence-electron chi connectivity index (χ3n) is 4.75. The van der Waals surface area contributed by atoms with Crippen LogP contribution in [-0.2, 0) is 25.7 Å². The molecule has 1 heterocycles. The van der Waals surface area contributed by atoms with Crippen LogP contribution in [0.3, 0.4) is 0 Å². The molecule has 2 atom stereocenters. The number of hydrogen-bond donors (Lipinski definition) is 1. The van der Waals surface area contributed by atoms with Crippen LogP contribution in [0.15, 0.2) is 30.3 Å². The fraction of sp³-hybridized carbons (Fsp3) is 0.550. The van der Waals surface area contributed by atoms with Crippen molar-refractivity contribution in [3.8, 4) is 0 Å². The molecule has 148 valence electrons. The predicted octanol–water partition coefficient (Wildman–Crippen LogP) is 1.34. The van der Waals surface area contributed by atoms with E-state index in [4.69, 9.17) is 4.74 Å². The maximum atomic E-state index is 12.5. The van der Waals surface area contributed by atoms with Crippen LogP contribution in [0.4, 0.5) is 0 Å². The number of carbonyl (C=O) groups is 3. The van der Waals surface area contributed by atoms with Gasteiger partial charge in [0.05, 0.1) is 12.6 Å². The van der Waals surface area contributed by atoms with Gasteiger partial charge in [-0.1, -0.05) is 30.3 Å². The Hall–Kier alpha value is -2.41. The summed E-state index contributed by atoms with van der Waals surface area (Å²) in [5.74, 6) is -1.04. The zero-order chi connectivity index (χ0) is 19.8. The molecule has 1 aromatic carbocycles. The standard InChI is InChI=1S/C20H28N2O5/c1-3-27-20(26)19(25)16-10-7-13-22(16)18(24)12-11-17(23)21(2)14-15-8-5-4-6-9-15/h4-6,8-9,16,19,25H,3,7,10-14H2,1-2H3/t16-,19-/m0/s1. The molecule has 1 aliphatic heterocycles. The van der Waals surface area contributed by atoms with Crippen molar-refractivity contribution >= 4 is 17.8 Å². The molecular formula is C20H28N2O5. The molecular weight excluding hydrogens is 348 g/mol. The molecule has 1 fully saturated rings. The van der Waals surface area contributed by atoms with Crippen molar-refractivity contribution in [1.29, 1.82) is 0 Å². The first-order valence-electron chi connectivity index (χ1n) is 9.36. The number of hydrogen-bond acceptors (Lipinski definition) is 5. The number of aliphatic hydroxyl groups excluding tert-OH is 1. The Morgan fingerprint density at radius 1 is 1.26 bits per heavy atom. The summed E-state index contributed by atoms with van der Waals surface area (Å²) in [5.41, 5.74) is 1.02. The van der Waals surface area contributed by atoms with Crippen LogP contribution in [0.2, 0.25) is 0 Å². The van der Waals surface area contributed by atoms with E-state index in [1.165, 1.54) is 4.90 Å². The number of rotatable bonds is 8. The molecule has 0 saturated carbocycles. The summed E-state index contributed by atoms with van der Waals surface area (Å²) in [5, 5.41) is 10.2. The van der Waals surface area contributed by atoms with Gasteiger partial charge in [-0.15, -0.1) is 0 Å². The molecule has 2 rings (SSSR count). The van der Waals surface area contributed by atoms with E-state index in [1.54, 1.807) is 18.9 Å². The fourth-order valence-corrected chi connectivity index (χ4v) is 3.31. The maximum absolute atomic E-state index is 12.5. The Balaban J connectivity index is 1.84. The third kappa shape index (κ3) is 5.79. The molecule has 27 heavy (non-hydrogen) atoms. The van der Waals surface area contributed by atoms with E-state index in [-0.39, 0.29) is 31.3 Å². The van der Waals surface area contributed by atoms with E-state index < -0.39 is 18.1 Å². The van der Waals surface area contributed by atoms with Crippen LogP contribution in [0.5, 0.6) is 0 Å². The number of ether oxygens (including phenoxy) is 1. The number of amides is 2. The fourth-order valence-electron chi connectivity index (χ4n) is 3.31. The largest absolute Gasteiger partial charge is 0.464 e. The van der Waals surface area contributed by atoms with Crippen molar-refractivity contribution in [2.75, 3.05) is 20.2 Å². The molecule has 0 aromatic heterocycles. The van der Waals surface area contributed by atoms with Gasteiger partial charge in [-0.3, -0.25) is 9.59 Å². The first kappa shape index (κ1) is 20.9. The summed E-state index contributed by atoms with van der Waals surface area (Å²) in [6.07, 6.45) is 0.0839. The van der Waals surface area contributed by atoms with E-state index in [9.17, 15) is 19.5 Å². The normalized spacial score (nSPS) is 17.4. The van der Waals surface area contributed by atoms with Gasteiger partial charge in [0.25, 0.3) is 0 Å². The SMILES string of the molecule is CCOC(=O)[C@@H](O)[C@@H]1CCCN1C(=O)CCC(=O)N(C)Cc1ccccc1. The minimum Gasteiger partial charge on any atom is -0.464 e. The number of carbonyl (C=O) groups excluding carboxylic acids is 3. The molecule has 0 unspecified atom stereocenters. The lowest BCUT2D eigenvalue weighted by Crippen LogP contribution is -2.46. The minimum absolute atomic E-state index is 0.0595. The van der Waals surface area contributed by atoms with Crippen molar-refractivity contribution in [2.24, 2.45) is 0 Å². The lowest BCUT2D eigenvalue weighted by Gasteiger charge is -2.27. The molecule has 0 aliphatic carbocycles. The number of likely N-dealkylation sites (tertiary alicyclic amines) is 1. The van der Waals surface area contributed by atoms with Crippen molar-refractivity contribution in [3.63, 3.8) is 0 Å². The van der Waals surface area contributed by atoms with Gasteiger partial charge in [0, 0.05) is 33.0 Å². The summed E-state index contributed by atoms with van der Waals surface area (Å²) >= 11 is 0. The van der Waals surface area contributed by atoms with Gasteiger partial charge >= 0.3 is 5.97 Å². The molecule has 0 spiro atoms. The highest BCUT2D eigenvalue weighted by Gasteiger charge is 2.38. The minimum atomic E-state index is -1.34. The summed E-state index contributed by atoms with van der Waals surface area (Å²) < 4.78 is 4.84. The topological polar surface area (TPSA) is 87.1 Å². The molecule has 0 bridgehead atoms. The maximum Gasteiger partial charge on any atom is 0.337 e. The van der Waals surface area contributed by atoms with Crippen LogP contribution in [0, 0.1) is 0 Å². The monoisotopic (exact) mass is 376 g/mol. The Bertz CT molecular complexity index is 649. The second kappa shape index (κ2) is 10.1.